The minimum Gasteiger partial charge on any atom is -0.192 e. The fraction of sp³-hybridized carbons (Fsp3) is 0. The summed E-state index contributed by atoms with van der Waals surface area (Å²) in [4.78, 5) is 2.12. The highest BCUT2D eigenvalue weighted by Crippen LogP contribution is 2.42. The van der Waals surface area contributed by atoms with Gasteiger partial charge in [0.2, 0.25) is 0 Å². The summed E-state index contributed by atoms with van der Waals surface area (Å²) in [7, 11) is 0. The van der Waals surface area contributed by atoms with Crippen LogP contribution < -0.4 is 0 Å². The fourth-order valence-corrected chi connectivity index (χ4v) is 4.94. The molecule has 0 saturated heterocycles. The molecule has 0 unspecified atom stereocenters. The Labute approximate surface area is 152 Å². The molecular weight excluding hydrogens is 444 g/mol. The molecule has 2 heterocycles. The molecule has 0 atom stereocenters. The van der Waals surface area contributed by atoms with Gasteiger partial charge in [-0.25, -0.2) is 0 Å². The first-order valence-electron chi connectivity index (χ1n) is 6.12. The summed E-state index contributed by atoms with van der Waals surface area (Å²) in [6.07, 6.45) is 0. The average molecular weight is 450 g/mol. The lowest BCUT2D eigenvalue weighted by atomic mass is 9.97. The van der Waals surface area contributed by atoms with Gasteiger partial charge in [-0.05, 0) is 68.3 Å². The zero-order valence-corrected chi connectivity index (χ0v) is 15.7. The van der Waals surface area contributed by atoms with E-state index in [0.717, 1.165) is 28.5 Å². The maximum absolute atomic E-state index is 9.28. The number of thiophene rings is 2. The summed E-state index contributed by atoms with van der Waals surface area (Å²) in [5, 5.41) is 18.6. The second-order valence-corrected chi connectivity index (χ2v) is 9.30. The highest BCUT2D eigenvalue weighted by molar-refractivity contribution is 9.11. The summed E-state index contributed by atoms with van der Waals surface area (Å²) in [5.74, 6) is 0. The third-order valence-electron chi connectivity index (χ3n) is 3.08. The fourth-order valence-electron chi connectivity index (χ4n) is 2.11. The average Bonchev–Trinajstić information content (AvgIpc) is 3.14. The molecule has 0 amide bonds. The molecule has 0 spiro atoms. The van der Waals surface area contributed by atoms with Crippen LogP contribution in [0.2, 0.25) is 0 Å². The van der Waals surface area contributed by atoms with Crippen LogP contribution in [0.3, 0.4) is 0 Å². The van der Waals surface area contributed by atoms with E-state index < -0.39 is 0 Å². The predicted molar refractivity (Wildman–Crippen MR) is 97.9 cm³/mol. The first kappa shape index (κ1) is 15.5. The maximum atomic E-state index is 9.28. The zero-order chi connectivity index (χ0) is 15.7. The molecule has 0 saturated carbocycles. The molecule has 106 valence electrons. The largest absolute Gasteiger partial charge is 0.192 e. The molecule has 0 N–H and O–H groups in total. The molecule has 0 aliphatic rings. The normalized spacial score (nSPS) is 10.2. The van der Waals surface area contributed by atoms with Gasteiger partial charge in [0.05, 0.1) is 18.7 Å². The Bertz CT molecular complexity index is 865. The van der Waals surface area contributed by atoms with Crippen LogP contribution in [0.15, 0.2) is 44.0 Å². The molecule has 0 bridgehead atoms. The number of benzene rings is 1. The van der Waals surface area contributed by atoms with Gasteiger partial charge in [0, 0.05) is 20.9 Å². The lowest BCUT2D eigenvalue weighted by Gasteiger charge is -2.08. The molecular formula is C16H6Br2N2S2. The molecule has 22 heavy (non-hydrogen) atoms. The third-order valence-corrected chi connectivity index (χ3v) is 6.39. The van der Waals surface area contributed by atoms with E-state index in [1.807, 2.05) is 24.3 Å². The number of hydrogen-bond donors (Lipinski definition) is 0. The molecule has 0 fully saturated rings. The molecule has 3 rings (SSSR count). The van der Waals surface area contributed by atoms with Crippen LogP contribution in [0, 0.1) is 22.7 Å². The van der Waals surface area contributed by atoms with E-state index in [4.69, 9.17) is 0 Å². The van der Waals surface area contributed by atoms with Crippen molar-refractivity contribution >= 4 is 54.5 Å². The second kappa shape index (κ2) is 6.36. The quantitative estimate of drug-likeness (QED) is 0.453. The van der Waals surface area contributed by atoms with Gasteiger partial charge in [0.25, 0.3) is 0 Å². The minimum atomic E-state index is 0.404. The third kappa shape index (κ3) is 2.88. The standard InChI is InChI=1S/C16H6Br2N2S2/c17-15-3-1-13(21-15)11-5-9(7-19)10(8-20)6-12(11)14-2-4-16(18)22-14/h1-6H. The van der Waals surface area contributed by atoms with Crippen LogP contribution in [0.4, 0.5) is 0 Å². The smallest absolute Gasteiger partial charge is 0.101 e. The Balaban J connectivity index is 2.31. The van der Waals surface area contributed by atoms with E-state index in [1.165, 1.54) is 0 Å². The predicted octanol–water partition coefficient (Wildman–Crippen LogP) is 6.41. The monoisotopic (exact) mass is 448 g/mol. The molecule has 1 aromatic carbocycles. The van der Waals surface area contributed by atoms with E-state index in [-0.39, 0.29) is 0 Å². The van der Waals surface area contributed by atoms with Crippen molar-refractivity contribution in [1.29, 1.82) is 10.5 Å². The first-order valence-corrected chi connectivity index (χ1v) is 9.34. The molecule has 0 aliphatic carbocycles. The van der Waals surface area contributed by atoms with Gasteiger partial charge in [0.15, 0.2) is 0 Å². The Kier molecular flexibility index (Phi) is 4.46. The van der Waals surface area contributed by atoms with Crippen LogP contribution in [0.25, 0.3) is 20.9 Å². The number of hydrogen-bond acceptors (Lipinski definition) is 4. The van der Waals surface area contributed by atoms with E-state index >= 15 is 0 Å². The topological polar surface area (TPSA) is 47.6 Å². The van der Waals surface area contributed by atoms with Gasteiger partial charge in [-0.3, -0.25) is 0 Å². The molecule has 0 radical (unpaired) electrons. The van der Waals surface area contributed by atoms with Crippen molar-refractivity contribution in [2.75, 3.05) is 0 Å². The van der Waals surface area contributed by atoms with Crippen molar-refractivity contribution in [2.24, 2.45) is 0 Å². The van der Waals surface area contributed by atoms with Crippen molar-refractivity contribution in [3.05, 3.63) is 55.1 Å². The first-order chi connectivity index (χ1) is 10.6. The van der Waals surface area contributed by atoms with E-state index in [2.05, 4.69) is 44.0 Å². The lowest BCUT2D eigenvalue weighted by Crippen LogP contribution is -1.89. The summed E-state index contributed by atoms with van der Waals surface area (Å²) in [6.45, 7) is 0. The lowest BCUT2D eigenvalue weighted by molar-refractivity contribution is 1.43. The Hall–Kier alpha value is -1.44. The van der Waals surface area contributed by atoms with Crippen LogP contribution in [-0.2, 0) is 0 Å². The summed E-state index contributed by atoms with van der Waals surface area (Å²) in [5.41, 5.74) is 2.75. The molecule has 2 nitrogen and oxygen atoms in total. The van der Waals surface area contributed by atoms with Crippen LogP contribution >= 0.6 is 54.5 Å². The van der Waals surface area contributed by atoms with Gasteiger partial charge in [0.1, 0.15) is 12.1 Å². The summed E-state index contributed by atoms with van der Waals surface area (Å²) >= 11 is 10.2. The van der Waals surface area contributed by atoms with Gasteiger partial charge in [-0.2, -0.15) is 10.5 Å². The van der Waals surface area contributed by atoms with Gasteiger partial charge >= 0.3 is 0 Å². The Morgan fingerprint density at radius 1 is 0.727 bits per heavy atom. The van der Waals surface area contributed by atoms with Crippen molar-refractivity contribution in [3.63, 3.8) is 0 Å². The Morgan fingerprint density at radius 2 is 1.14 bits per heavy atom. The van der Waals surface area contributed by atoms with Gasteiger partial charge in [-0.15, -0.1) is 22.7 Å². The van der Waals surface area contributed by atoms with Crippen molar-refractivity contribution in [1.82, 2.24) is 0 Å². The van der Waals surface area contributed by atoms with Crippen LogP contribution in [0.1, 0.15) is 11.1 Å². The molecule has 3 aromatic rings. The number of nitriles is 2. The van der Waals surface area contributed by atoms with Crippen LogP contribution in [-0.4, -0.2) is 0 Å². The number of rotatable bonds is 2. The highest BCUT2D eigenvalue weighted by Gasteiger charge is 2.15. The number of halogens is 2. The minimum absolute atomic E-state index is 0.404. The highest BCUT2D eigenvalue weighted by atomic mass is 79.9. The van der Waals surface area contributed by atoms with Gasteiger partial charge < -0.3 is 0 Å². The van der Waals surface area contributed by atoms with Crippen molar-refractivity contribution in [2.45, 2.75) is 0 Å². The summed E-state index contributed by atoms with van der Waals surface area (Å²) in [6, 6.07) is 15.8. The second-order valence-electron chi connectivity index (χ2n) is 4.37. The number of nitrogens with zero attached hydrogens (tertiary/aromatic N) is 2. The van der Waals surface area contributed by atoms with E-state index in [1.54, 1.807) is 34.8 Å². The van der Waals surface area contributed by atoms with Crippen molar-refractivity contribution in [3.8, 4) is 33.0 Å². The zero-order valence-electron chi connectivity index (χ0n) is 10.9. The van der Waals surface area contributed by atoms with Crippen molar-refractivity contribution < 1.29 is 0 Å². The van der Waals surface area contributed by atoms with Crippen LogP contribution in [0.5, 0.6) is 0 Å². The molecule has 6 heteroatoms. The molecule has 0 aliphatic heterocycles. The van der Waals surface area contributed by atoms with E-state index in [9.17, 15) is 10.5 Å². The van der Waals surface area contributed by atoms with E-state index in [0.29, 0.717) is 11.1 Å². The maximum Gasteiger partial charge on any atom is 0.101 e. The SMILES string of the molecule is N#Cc1cc(-c2ccc(Br)s2)c(-c2ccc(Br)s2)cc1C#N. The van der Waals surface area contributed by atoms with Gasteiger partial charge in [-0.1, -0.05) is 0 Å². The summed E-state index contributed by atoms with van der Waals surface area (Å²) < 4.78 is 2.06. The molecule has 2 aromatic heterocycles. The Morgan fingerprint density at radius 3 is 1.41 bits per heavy atom.